The van der Waals surface area contributed by atoms with Gasteiger partial charge in [0.1, 0.15) is 5.78 Å². The zero-order valence-corrected chi connectivity index (χ0v) is 8.74. The molecule has 0 aromatic carbocycles. The molecule has 0 unspecified atom stereocenters. The number of carbonyl (C=O) groups excluding carboxylic acids is 1. The lowest BCUT2D eigenvalue weighted by Gasteiger charge is -2.34. The van der Waals surface area contributed by atoms with Crippen molar-refractivity contribution in [2.45, 2.75) is 44.6 Å². The van der Waals surface area contributed by atoms with Gasteiger partial charge in [-0.3, -0.25) is 9.69 Å². The summed E-state index contributed by atoms with van der Waals surface area (Å²) < 4.78 is 0. The molecule has 2 heteroatoms. The van der Waals surface area contributed by atoms with Crippen molar-refractivity contribution in [2.24, 2.45) is 11.8 Å². The maximum Gasteiger partial charge on any atom is 0.140 e. The van der Waals surface area contributed by atoms with Crippen LogP contribution in [0.1, 0.15) is 38.5 Å². The van der Waals surface area contributed by atoms with Crippen LogP contribution in [-0.4, -0.2) is 29.8 Å². The Morgan fingerprint density at radius 1 is 1.00 bits per heavy atom. The van der Waals surface area contributed by atoms with Crippen LogP contribution in [0.3, 0.4) is 0 Å². The third-order valence-electron chi connectivity index (χ3n) is 4.48. The number of hydrogen-bond acceptors (Lipinski definition) is 2. The highest BCUT2D eigenvalue weighted by Crippen LogP contribution is 2.41. The molecule has 14 heavy (non-hydrogen) atoms. The molecule has 3 atom stereocenters. The Hall–Kier alpha value is -0.370. The smallest absolute Gasteiger partial charge is 0.140 e. The van der Waals surface area contributed by atoms with Gasteiger partial charge in [-0.2, -0.15) is 0 Å². The number of rotatable bonds is 1. The van der Waals surface area contributed by atoms with E-state index in [0.717, 1.165) is 0 Å². The zero-order valence-electron chi connectivity index (χ0n) is 8.74. The summed E-state index contributed by atoms with van der Waals surface area (Å²) in [5.74, 6) is 1.49. The highest BCUT2D eigenvalue weighted by atomic mass is 16.1. The number of Topliss-reactive ketones (excluding diaryl/α,β-unsaturated/α-hetero) is 1. The van der Waals surface area contributed by atoms with Crippen molar-refractivity contribution in [3.05, 3.63) is 0 Å². The molecule has 2 bridgehead atoms. The Bertz CT molecular complexity index is 245. The van der Waals surface area contributed by atoms with Gasteiger partial charge in [-0.15, -0.1) is 0 Å². The fourth-order valence-corrected chi connectivity index (χ4v) is 3.72. The Morgan fingerprint density at radius 2 is 1.71 bits per heavy atom. The number of fused-ring (bicyclic) bond motifs is 2. The number of carbonyl (C=O) groups is 1. The van der Waals surface area contributed by atoms with Crippen LogP contribution in [-0.2, 0) is 4.79 Å². The van der Waals surface area contributed by atoms with Crippen LogP contribution in [0.4, 0.5) is 0 Å². The van der Waals surface area contributed by atoms with Gasteiger partial charge < -0.3 is 0 Å². The SMILES string of the molecule is O=C1[C@@H]2CC[C@@H]1[C@@H](N1CCCC1)CC2. The second kappa shape index (κ2) is 3.34. The van der Waals surface area contributed by atoms with Crippen LogP contribution in [0.2, 0.25) is 0 Å². The molecule has 1 heterocycles. The van der Waals surface area contributed by atoms with Gasteiger partial charge in [-0.05, 0) is 51.6 Å². The quantitative estimate of drug-likeness (QED) is 0.633. The lowest BCUT2D eigenvalue weighted by molar-refractivity contribution is -0.128. The number of ketones is 1. The fraction of sp³-hybridized carbons (Fsp3) is 0.917. The monoisotopic (exact) mass is 193 g/mol. The Kier molecular flexibility index (Phi) is 2.12. The maximum atomic E-state index is 11.9. The fourth-order valence-electron chi connectivity index (χ4n) is 3.72. The molecule has 0 amide bonds. The first-order valence-corrected chi connectivity index (χ1v) is 6.14. The molecule has 2 nitrogen and oxygen atoms in total. The summed E-state index contributed by atoms with van der Waals surface area (Å²) in [5.41, 5.74) is 0. The average Bonchev–Trinajstić information content (AvgIpc) is 2.76. The minimum atomic E-state index is 0.423. The highest BCUT2D eigenvalue weighted by molar-refractivity contribution is 5.86. The second-order valence-electron chi connectivity index (χ2n) is 5.17. The minimum absolute atomic E-state index is 0.423. The summed E-state index contributed by atoms with van der Waals surface area (Å²) in [5, 5.41) is 0. The summed E-state index contributed by atoms with van der Waals surface area (Å²) in [6.07, 6.45) is 7.54. The van der Waals surface area contributed by atoms with E-state index in [9.17, 15) is 4.79 Å². The molecule has 0 radical (unpaired) electrons. The van der Waals surface area contributed by atoms with E-state index in [1.165, 1.54) is 51.6 Å². The molecule has 3 rings (SSSR count). The van der Waals surface area contributed by atoms with Crippen molar-refractivity contribution in [3.8, 4) is 0 Å². The molecule has 78 valence electrons. The van der Waals surface area contributed by atoms with Gasteiger partial charge in [0.05, 0.1) is 0 Å². The summed E-state index contributed by atoms with van der Waals surface area (Å²) in [6.45, 7) is 2.50. The highest BCUT2D eigenvalue weighted by Gasteiger charge is 2.45. The van der Waals surface area contributed by atoms with E-state index >= 15 is 0 Å². The molecule has 1 aliphatic heterocycles. The van der Waals surface area contributed by atoms with E-state index in [2.05, 4.69) is 4.90 Å². The Morgan fingerprint density at radius 3 is 2.50 bits per heavy atom. The predicted molar refractivity (Wildman–Crippen MR) is 55.1 cm³/mol. The van der Waals surface area contributed by atoms with E-state index in [0.29, 0.717) is 23.7 Å². The lowest BCUT2D eigenvalue weighted by Crippen LogP contribution is -2.44. The average molecular weight is 193 g/mol. The topological polar surface area (TPSA) is 20.3 Å². The second-order valence-corrected chi connectivity index (χ2v) is 5.17. The Labute approximate surface area is 85.7 Å². The summed E-state index contributed by atoms with van der Waals surface area (Å²) in [7, 11) is 0. The molecule has 0 spiro atoms. The number of nitrogens with zero attached hydrogens (tertiary/aromatic N) is 1. The van der Waals surface area contributed by atoms with Crippen LogP contribution in [0.5, 0.6) is 0 Å². The van der Waals surface area contributed by atoms with Gasteiger partial charge in [0.25, 0.3) is 0 Å². The van der Waals surface area contributed by atoms with Gasteiger partial charge in [-0.1, -0.05) is 0 Å². The molecule has 1 saturated heterocycles. The predicted octanol–water partition coefficient (Wildman–Crippen LogP) is 1.84. The van der Waals surface area contributed by atoms with Crippen LogP contribution < -0.4 is 0 Å². The number of likely N-dealkylation sites (tertiary alicyclic amines) is 1. The van der Waals surface area contributed by atoms with Gasteiger partial charge in [0.15, 0.2) is 0 Å². The standard InChI is InChI=1S/C12H19NO/c14-12-9-3-5-10(12)11(6-4-9)13-7-1-2-8-13/h9-11H,1-8H2/t9-,10-,11+/m1/s1. The van der Waals surface area contributed by atoms with Crippen molar-refractivity contribution in [1.29, 1.82) is 0 Å². The van der Waals surface area contributed by atoms with Gasteiger partial charge in [-0.25, -0.2) is 0 Å². The van der Waals surface area contributed by atoms with Crippen LogP contribution >= 0.6 is 0 Å². The van der Waals surface area contributed by atoms with Gasteiger partial charge in [0.2, 0.25) is 0 Å². The first-order chi connectivity index (χ1) is 6.86. The third-order valence-corrected chi connectivity index (χ3v) is 4.48. The van der Waals surface area contributed by atoms with Crippen LogP contribution in [0.15, 0.2) is 0 Å². The van der Waals surface area contributed by atoms with E-state index in [4.69, 9.17) is 0 Å². The summed E-state index contributed by atoms with van der Waals surface area (Å²) in [6, 6.07) is 0.628. The largest absolute Gasteiger partial charge is 0.300 e. The van der Waals surface area contributed by atoms with Crippen LogP contribution in [0.25, 0.3) is 0 Å². The van der Waals surface area contributed by atoms with Crippen LogP contribution in [0, 0.1) is 11.8 Å². The molecule has 0 N–H and O–H groups in total. The first kappa shape index (κ1) is 8.90. The molecule has 3 fully saturated rings. The maximum absolute atomic E-state index is 11.9. The summed E-state index contributed by atoms with van der Waals surface area (Å²) in [4.78, 5) is 14.5. The number of hydrogen-bond donors (Lipinski definition) is 0. The van der Waals surface area contributed by atoms with Crippen molar-refractivity contribution in [2.75, 3.05) is 13.1 Å². The summed E-state index contributed by atoms with van der Waals surface area (Å²) >= 11 is 0. The first-order valence-electron chi connectivity index (χ1n) is 6.14. The Balaban J connectivity index is 1.76. The van der Waals surface area contributed by atoms with E-state index in [-0.39, 0.29) is 0 Å². The zero-order chi connectivity index (χ0) is 9.54. The van der Waals surface area contributed by atoms with Crippen molar-refractivity contribution >= 4 is 5.78 Å². The molecule has 2 aliphatic carbocycles. The van der Waals surface area contributed by atoms with Crippen molar-refractivity contribution in [3.63, 3.8) is 0 Å². The molecule has 3 aliphatic rings. The third kappa shape index (κ3) is 1.23. The van der Waals surface area contributed by atoms with Crippen molar-refractivity contribution < 1.29 is 4.79 Å². The normalized spacial score (nSPS) is 43.4. The molecule has 0 aromatic heterocycles. The molecular weight excluding hydrogens is 174 g/mol. The van der Waals surface area contributed by atoms with Crippen molar-refractivity contribution in [1.82, 2.24) is 4.90 Å². The molecule has 0 aromatic rings. The van der Waals surface area contributed by atoms with E-state index < -0.39 is 0 Å². The van der Waals surface area contributed by atoms with E-state index in [1.807, 2.05) is 0 Å². The van der Waals surface area contributed by atoms with Gasteiger partial charge >= 0.3 is 0 Å². The minimum Gasteiger partial charge on any atom is -0.300 e. The van der Waals surface area contributed by atoms with E-state index in [1.54, 1.807) is 0 Å². The van der Waals surface area contributed by atoms with Gasteiger partial charge in [0, 0.05) is 17.9 Å². The molecular formula is C12H19NO. The molecule has 2 saturated carbocycles. The lowest BCUT2D eigenvalue weighted by atomic mass is 9.83.